The van der Waals surface area contributed by atoms with E-state index in [0.29, 0.717) is 31.3 Å². The lowest BCUT2D eigenvalue weighted by Gasteiger charge is -2.34. The summed E-state index contributed by atoms with van der Waals surface area (Å²) >= 11 is 1.51. The van der Waals surface area contributed by atoms with Crippen molar-refractivity contribution in [2.45, 2.75) is 6.61 Å². The standard InChI is InChI=1S/C23H21N5O2S/c29-23(19-14-21(25-16-24-19)30-15-17-6-2-1-3-7-17)28-12-10-27(11-13-28)22-18-8-4-5-9-20(18)31-26-22/h1-9,14,16H,10-13,15H2. The Morgan fingerprint density at radius 1 is 0.968 bits per heavy atom. The number of carbonyl (C=O) groups is 1. The molecule has 2 aromatic carbocycles. The quantitative estimate of drug-likeness (QED) is 0.481. The van der Waals surface area contributed by atoms with Gasteiger partial charge in [-0.1, -0.05) is 42.5 Å². The highest BCUT2D eigenvalue weighted by atomic mass is 32.1. The zero-order valence-corrected chi connectivity index (χ0v) is 17.7. The van der Waals surface area contributed by atoms with Gasteiger partial charge in [-0.2, -0.15) is 4.37 Å². The van der Waals surface area contributed by atoms with Crippen LogP contribution in [-0.4, -0.2) is 51.3 Å². The SMILES string of the molecule is O=C(c1cc(OCc2ccccc2)ncn1)N1CCN(c2nsc3ccccc23)CC1. The number of fused-ring (bicyclic) bond motifs is 1. The molecule has 0 aliphatic carbocycles. The second-order valence-corrected chi connectivity index (χ2v) is 8.10. The van der Waals surface area contributed by atoms with E-state index in [1.54, 1.807) is 6.07 Å². The first-order valence-corrected chi connectivity index (χ1v) is 10.9. The van der Waals surface area contributed by atoms with E-state index in [1.165, 1.54) is 27.9 Å². The summed E-state index contributed by atoms with van der Waals surface area (Å²) in [6.45, 7) is 3.11. The van der Waals surface area contributed by atoms with Crippen LogP contribution in [0.25, 0.3) is 10.1 Å². The van der Waals surface area contributed by atoms with E-state index >= 15 is 0 Å². The fourth-order valence-corrected chi connectivity index (χ4v) is 4.45. The molecule has 0 bridgehead atoms. The molecule has 0 radical (unpaired) electrons. The maximum atomic E-state index is 13.0. The molecule has 1 amide bonds. The third kappa shape index (κ3) is 4.20. The number of hydrogen-bond donors (Lipinski definition) is 0. The van der Waals surface area contributed by atoms with Crippen molar-refractivity contribution in [2.75, 3.05) is 31.1 Å². The lowest BCUT2D eigenvalue weighted by atomic mass is 10.2. The molecule has 0 atom stereocenters. The Hall–Kier alpha value is -3.52. The maximum Gasteiger partial charge on any atom is 0.272 e. The predicted octanol–water partition coefficient (Wildman–Crippen LogP) is 3.63. The van der Waals surface area contributed by atoms with Crippen molar-refractivity contribution in [2.24, 2.45) is 0 Å². The van der Waals surface area contributed by atoms with Crippen LogP contribution in [0.15, 0.2) is 67.0 Å². The molecule has 4 aromatic rings. The smallest absolute Gasteiger partial charge is 0.272 e. The largest absolute Gasteiger partial charge is 0.473 e. The van der Waals surface area contributed by atoms with Crippen LogP contribution >= 0.6 is 11.5 Å². The van der Waals surface area contributed by atoms with Crippen molar-refractivity contribution in [3.63, 3.8) is 0 Å². The van der Waals surface area contributed by atoms with E-state index in [9.17, 15) is 4.79 Å². The number of hydrogen-bond acceptors (Lipinski definition) is 7. The molecule has 3 heterocycles. The molecule has 156 valence electrons. The number of carbonyl (C=O) groups excluding carboxylic acids is 1. The molecule has 1 aliphatic heterocycles. The van der Waals surface area contributed by atoms with Crippen LogP contribution < -0.4 is 9.64 Å². The van der Waals surface area contributed by atoms with Crippen molar-refractivity contribution in [1.82, 2.24) is 19.2 Å². The molecule has 31 heavy (non-hydrogen) atoms. The first-order valence-electron chi connectivity index (χ1n) is 10.2. The van der Waals surface area contributed by atoms with E-state index in [2.05, 4.69) is 31.4 Å². The van der Waals surface area contributed by atoms with Gasteiger partial charge < -0.3 is 14.5 Å². The molecule has 0 N–H and O–H groups in total. The molecule has 0 saturated carbocycles. The van der Waals surface area contributed by atoms with Gasteiger partial charge in [0, 0.05) is 37.6 Å². The Morgan fingerprint density at radius 2 is 1.74 bits per heavy atom. The highest BCUT2D eigenvalue weighted by Gasteiger charge is 2.25. The van der Waals surface area contributed by atoms with Crippen LogP contribution in [0.3, 0.4) is 0 Å². The number of nitrogens with zero attached hydrogens (tertiary/aromatic N) is 5. The normalized spacial score (nSPS) is 14.1. The van der Waals surface area contributed by atoms with Gasteiger partial charge in [-0.05, 0) is 29.2 Å². The average Bonchev–Trinajstić information content (AvgIpc) is 3.27. The van der Waals surface area contributed by atoms with Gasteiger partial charge in [0.25, 0.3) is 5.91 Å². The molecule has 8 heteroatoms. The molecule has 0 spiro atoms. The molecule has 1 aliphatic rings. The minimum Gasteiger partial charge on any atom is -0.473 e. The summed E-state index contributed by atoms with van der Waals surface area (Å²) in [5.74, 6) is 1.30. The topological polar surface area (TPSA) is 71.5 Å². The third-order valence-electron chi connectivity index (χ3n) is 5.32. The highest BCUT2D eigenvalue weighted by Crippen LogP contribution is 2.30. The number of rotatable bonds is 5. The van der Waals surface area contributed by atoms with E-state index in [4.69, 9.17) is 4.74 Å². The Kier molecular flexibility index (Phi) is 5.45. The van der Waals surface area contributed by atoms with Gasteiger partial charge in [0.1, 0.15) is 24.4 Å². The molecule has 1 fully saturated rings. The van der Waals surface area contributed by atoms with Gasteiger partial charge >= 0.3 is 0 Å². The van der Waals surface area contributed by atoms with Crippen LogP contribution in [0.2, 0.25) is 0 Å². The van der Waals surface area contributed by atoms with Gasteiger partial charge in [-0.25, -0.2) is 9.97 Å². The monoisotopic (exact) mass is 431 g/mol. The third-order valence-corrected chi connectivity index (χ3v) is 6.13. The summed E-state index contributed by atoms with van der Waals surface area (Å²) in [6.07, 6.45) is 1.38. The number of ether oxygens (including phenoxy) is 1. The Balaban J connectivity index is 1.22. The molecular weight excluding hydrogens is 410 g/mol. The van der Waals surface area contributed by atoms with E-state index < -0.39 is 0 Å². The number of piperazine rings is 1. The van der Waals surface area contributed by atoms with Crippen LogP contribution in [0, 0.1) is 0 Å². The van der Waals surface area contributed by atoms with Crippen LogP contribution in [-0.2, 0) is 6.61 Å². The van der Waals surface area contributed by atoms with E-state index in [1.807, 2.05) is 47.4 Å². The number of benzene rings is 2. The Bertz CT molecular complexity index is 1190. The van der Waals surface area contributed by atoms with Gasteiger partial charge in [-0.3, -0.25) is 4.79 Å². The van der Waals surface area contributed by atoms with Crippen molar-refractivity contribution in [3.05, 3.63) is 78.2 Å². The van der Waals surface area contributed by atoms with Gasteiger partial charge in [-0.15, -0.1) is 0 Å². The summed E-state index contributed by atoms with van der Waals surface area (Å²) in [7, 11) is 0. The van der Waals surface area contributed by atoms with Crippen molar-refractivity contribution < 1.29 is 9.53 Å². The van der Waals surface area contributed by atoms with Gasteiger partial charge in [0.2, 0.25) is 5.88 Å². The lowest BCUT2D eigenvalue weighted by Crippen LogP contribution is -2.49. The van der Waals surface area contributed by atoms with Crippen molar-refractivity contribution >= 4 is 33.3 Å². The average molecular weight is 432 g/mol. The number of anilines is 1. The summed E-state index contributed by atoms with van der Waals surface area (Å²) in [5.41, 5.74) is 1.39. The lowest BCUT2D eigenvalue weighted by molar-refractivity contribution is 0.0739. The van der Waals surface area contributed by atoms with E-state index in [0.717, 1.165) is 24.5 Å². The minimum atomic E-state index is -0.102. The molecule has 0 unspecified atom stereocenters. The first kappa shape index (κ1) is 19.4. The molecule has 7 nitrogen and oxygen atoms in total. The number of aromatic nitrogens is 3. The molecule has 2 aromatic heterocycles. The van der Waals surface area contributed by atoms with Crippen molar-refractivity contribution in [3.8, 4) is 5.88 Å². The summed E-state index contributed by atoms with van der Waals surface area (Å²) in [6, 6.07) is 19.7. The second-order valence-electron chi connectivity index (χ2n) is 7.30. The summed E-state index contributed by atoms with van der Waals surface area (Å²) in [4.78, 5) is 25.4. The predicted molar refractivity (Wildman–Crippen MR) is 121 cm³/mol. The fourth-order valence-electron chi connectivity index (χ4n) is 3.65. The zero-order valence-electron chi connectivity index (χ0n) is 16.8. The van der Waals surface area contributed by atoms with Gasteiger partial charge in [0.15, 0.2) is 0 Å². The van der Waals surface area contributed by atoms with Gasteiger partial charge in [0.05, 0.1) is 4.70 Å². The van der Waals surface area contributed by atoms with E-state index in [-0.39, 0.29) is 5.91 Å². The number of amides is 1. The first-order chi connectivity index (χ1) is 15.3. The van der Waals surface area contributed by atoms with Crippen molar-refractivity contribution in [1.29, 1.82) is 0 Å². The molecule has 5 rings (SSSR count). The minimum absolute atomic E-state index is 0.102. The molecule has 1 saturated heterocycles. The maximum absolute atomic E-state index is 13.0. The Labute approximate surface area is 184 Å². The molecular formula is C23H21N5O2S. The van der Waals surface area contributed by atoms with Crippen LogP contribution in [0.1, 0.15) is 16.1 Å². The highest BCUT2D eigenvalue weighted by molar-refractivity contribution is 7.13. The second kappa shape index (κ2) is 8.69. The summed E-state index contributed by atoms with van der Waals surface area (Å²) < 4.78 is 11.6. The fraction of sp³-hybridized carbons (Fsp3) is 0.217. The Morgan fingerprint density at radius 3 is 2.58 bits per heavy atom. The summed E-state index contributed by atoms with van der Waals surface area (Å²) in [5, 5.41) is 1.17. The zero-order chi connectivity index (χ0) is 21.0. The van der Waals surface area contributed by atoms with Crippen LogP contribution in [0.5, 0.6) is 5.88 Å². The van der Waals surface area contributed by atoms with Crippen LogP contribution in [0.4, 0.5) is 5.82 Å².